The summed E-state index contributed by atoms with van der Waals surface area (Å²) in [5, 5.41) is 21.5. The van der Waals surface area contributed by atoms with Gasteiger partial charge < -0.3 is 29.9 Å². The van der Waals surface area contributed by atoms with Crippen molar-refractivity contribution in [3.05, 3.63) is 65.2 Å². The van der Waals surface area contributed by atoms with Gasteiger partial charge in [0.25, 0.3) is 11.1 Å². The Balaban J connectivity index is 0.000000688. The van der Waals surface area contributed by atoms with Gasteiger partial charge in [-0.3, -0.25) is 28.7 Å². The number of rotatable bonds is 5. The number of aliphatic hydroxyl groups is 4. The zero-order valence-corrected chi connectivity index (χ0v) is 25.3. The lowest BCUT2D eigenvalue weighted by atomic mass is 10.2. The number of aryl methyl sites for hydroxylation is 2. The number of aromatic nitrogens is 4. The summed E-state index contributed by atoms with van der Waals surface area (Å²) in [6, 6.07) is 0. The van der Waals surface area contributed by atoms with E-state index >= 15 is 0 Å². The molecule has 6 N–H and O–H groups in total. The number of aliphatic hydroxyl groups excluding tert-OH is 4. The maximum Gasteiger partial charge on any atom is 0.330 e. The minimum absolute atomic E-state index is 0.0445. The topological polar surface area (TPSA) is 209 Å². The van der Waals surface area contributed by atoms with Crippen molar-refractivity contribution in [2.45, 2.75) is 84.1 Å². The average molecular weight is 629 g/mol. The minimum Gasteiger partial charge on any atom is -0.400 e. The van der Waals surface area contributed by atoms with E-state index in [1.807, 2.05) is 0 Å². The van der Waals surface area contributed by atoms with Crippen molar-refractivity contribution in [1.29, 1.82) is 6.97 Å². The van der Waals surface area contributed by atoms with Gasteiger partial charge in [0.15, 0.2) is 13.0 Å². The molecule has 6 atom stereocenters. The standard InChI is InChI=1S/C10H14N2O5.C10H14N2O4.2CH5BS.CH4O/c1-5-3-12(10(16)11-9(5)15)8-2-6(14)7(4-13)17-8;1-5-4-12(10(15)11-9(5)14)8-3-7(13)6(2)16-8;2*1-2-3;1-2/h3,6-8,13-14H,2,4H2,1H3,(H,11,15,16);4,6-8,13H,3H2,1-2H3,(H,11,14,15);2*2-3H,1H3;2H,1H3/i14T;2T,13T;3*2D. The molecule has 0 aliphatic carbocycles. The third kappa shape index (κ3) is 12.0. The molecule has 2 aliphatic heterocycles. The average Bonchev–Trinajstić information content (AvgIpc) is 3.61. The number of nitrogens with zero attached hydrogens (tertiary/aromatic N) is 2. The highest BCUT2D eigenvalue weighted by Gasteiger charge is 2.35. The number of ether oxygens (including phenoxy) is 2. The molecule has 6 unspecified atom stereocenters. The Morgan fingerprint density at radius 1 is 1.02 bits per heavy atom. The Morgan fingerprint density at radius 3 is 1.78 bits per heavy atom. The van der Waals surface area contributed by atoms with Gasteiger partial charge in [0.05, 0.1) is 24.9 Å². The minimum atomic E-state index is -0.652. The second-order valence-corrected chi connectivity index (χ2v) is 9.50. The summed E-state index contributed by atoms with van der Waals surface area (Å²) in [5.41, 5.74) is -1.24. The second-order valence-electron chi connectivity index (χ2n) is 8.46. The van der Waals surface area contributed by atoms with Gasteiger partial charge in [-0.05, 0) is 23.4 Å². The highest BCUT2D eigenvalue weighted by molar-refractivity contribution is 8.06. The van der Waals surface area contributed by atoms with Crippen LogP contribution in [0.4, 0.5) is 0 Å². The molecule has 0 bridgehead atoms. The lowest BCUT2D eigenvalue weighted by molar-refractivity contribution is -0.0459. The van der Waals surface area contributed by atoms with E-state index in [2.05, 4.69) is 50.3 Å². The second kappa shape index (κ2) is 20.0. The van der Waals surface area contributed by atoms with Crippen LogP contribution >= 0.6 is 25.0 Å². The molecule has 0 amide bonds. The number of nitrogens with one attached hydrogen (secondary N) is 2. The molecular formula is C23H42B2N4O10S2. The quantitative estimate of drug-likeness (QED) is 0.138. The fourth-order valence-corrected chi connectivity index (χ4v) is 3.51. The van der Waals surface area contributed by atoms with Crippen molar-refractivity contribution in [3.63, 3.8) is 0 Å². The van der Waals surface area contributed by atoms with E-state index in [-0.39, 0.29) is 33.0 Å². The van der Waals surface area contributed by atoms with Crippen LogP contribution < -0.4 is 22.5 Å². The van der Waals surface area contributed by atoms with E-state index in [9.17, 15) is 19.2 Å². The number of H-pyrrole nitrogens is 2. The molecule has 2 fully saturated rings. The summed E-state index contributed by atoms with van der Waals surface area (Å²) in [6.07, 6.45) is -0.201. The molecule has 0 spiro atoms. The fraction of sp³-hybridized carbons (Fsp3) is 0.652. The Labute approximate surface area is 258 Å². The van der Waals surface area contributed by atoms with E-state index in [4.69, 9.17) is 22.9 Å². The number of hydrogen-bond acceptors (Lipinski definition) is 12. The van der Waals surface area contributed by atoms with Crippen LogP contribution in [-0.4, -0.2) is 97.7 Å². The Morgan fingerprint density at radius 2 is 1.44 bits per heavy atom. The first-order valence-corrected chi connectivity index (χ1v) is 13.3. The third-order valence-electron chi connectivity index (χ3n) is 5.45. The maximum atomic E-state index is 11.7. The summed E-state index contributed by atoms with van der Waals surface area (Å²) in [5.74, 6) is 0. The molecule has 232 valence electrons. The predicted molar refractivity (Wildman–Crippen MR) is 166 cm³/mol. The van der Waals surface area contributed by atoms with Gasteiger partial charge in [-0.15, -0.1) is 0 Å². The fourth-order valence-electron chi connectivity index (χ4n) is 3.51. The van der Waals surface area contributed by atoms with Crippen LogP contribution in [-0.2, 0) is 9.47 Å². The number of hydrogen-bond donors (Lipinski definition) is 8. The molecule has 0 saturated carbocycles. The number of aromatic amines is 2. The molecule has 0 aromatic carbocycles. The van der Waals surface area contributed by atoms with Crippen molar-refractivity contribution in [2.24, 2.45) is 0 Å². The lowest BCUT2D eigenvalue weighted by Gasteiger charge is -2.14. The molecule has 0 radical (unpaired) electrons. The Kier molecular flexibility index (Phi) is 14.1. The van der Waals surface area contributed by atoms with Gasteiger partial charge in [0.1, 0.15) is 18.6 Å². The van der Waals surface area contributed by atoms with Gasteiger partial charge in [-0.25, -0.2) is 34.5 Å². The molecule has 41 heavy (non-hydrogen) atoms. The summed E-state index contributed by atoms with van der Waals surface area (Å²) < 4.78 is 53.1. The Hall–Kier alpha value is -2.05. The summed E-state index contributed by atoms with van der Waals surface area (Å²) >= 11 is 7.27. The van der Waals surface area contributed by atoms with Crippen LogP contribution in [0.25, 0.3) is 0 Å². The van der Waals surface area contributed by atoms with Gasteiger partial charge in [0, 0.05) is 44.8 Å². The number of thiol groups is 2. The van der Waals surface area contributed by atoms with Crippen LogP contribution in [0.1, 0.15) is 44.7 Å². The van der Waals surface area contributed by atoms with E-state index in [1.54, 1.807) is 27.5 Å². The lowest BCUT2D eigenvalue weighted by Crippen LogP contribution is -2.33. The van der Waals surface area contributed by atoms with E-state index < -0.39 is 59.4 Å². The van der Waals surface area contributed by atoms with Crippen molar-refractivity contribution >= 4 is 38.0 Å². The van der Waals surface area contributed by atoms with Gasteiger partial charge >= 0.3 is 11.4 Å². The first kappa shape index (κ1) is 29.0. The molecule has 18 heteroatoms. The predicted octanol–water partition coefficient (Wildman–Crippen LogP) is -1.76. The monoisotopic (exact) mass is 629 g/mol. The van der Waals surface area contributed by atoms with Crippen molar-refractivity contribution in [3.8, 4) is 0 Å². The molecule has 2 aliphatic rings. The Bertz CT molecular complexity index is 1290. The van der Waals surface area contributed by atoms with Crippen LogP contribution in [0.5, 0.6) is 0 Å². The highest BCUT2D eigenvalue weighted by Crippen LogP contribution is 2.27. The molecule has 4 rings (SSSR count). The molecule has 2 aromatic rings. The van der Waals surface area contributed by atoms with Crippen LogP contribution in [0.3, 0.4) is 0 Å². The summed E-state index contributed by atoms with van der Waals surface area (Å²) in [6.45, 7) is 5.77. The molecule has 2 aromatic heterocycles. The molecule has 4 heterocycles. The zero-order valence-electron chi connectivity index (χ0n) is 29.5. The summed E-state index contributed by atoms with van der Waals surface area (Å²) in [4.78, 5) is 50.2. The molecular weight excluding hydrogens is 578 g/mol. The van der Waals surface area contributed by atoms with E-state index in [0.29, 0.717) is 17.5 Å². The van der Waals surface area contributed by atoms with Crippen LogP contribution in [0.15, 0.2) is 31.6 Å². The third-order valence-corrected chi connectivity index (χ3v) is 5.45. The smallest absolute Gasteiger partial charge is 0.330 e. The van der Waals surface area contributed by atoms with E-state index in [0.717, 1.165) is 0 Å². The van der Waals surface area contributed by atoms with Crippen molar-refractivity contribution < 1.29 is 31.3 Å². The SMILES string of the molecule is [2H]B(C)S.[2H]B(C)S.[2H]OC.[3H]CC1OC(n2cc(C)c(=O)[nH]c2=O)CC1O[3H].[3H]OC1CC(n2cc(C)c(=O)[nH]c2=O)OC1CO. The van der Waals surface area contributed by atoms with Gasteiger partial charge in [0.2, 0.25) is 4.29 Å². The first-order chi connectivity index (χ1) is 22.0. The molecule has 14 nitrogen and oxygen atoms in total. The van der Waals surface area contributed by atoms with Crippen LogP contribution in [0, 0.1) is 13.8 Å². The highest BCUT2D eigenvalue weighted by atomic mass is 32.1. The van der Waals surface area contributed by atoms with Crippen LogP contribution in [0.2, 0.25) is 13.6 Å². The largest absolute Gasteiger partial charge is 0.400 e. The first-order valence-electron chi connectivity index (χ1n) is 15.4. The van der Waals surface area contributed by atoms with Crippen molar-refractivity contribution in [1.82, 2.24) is 19.1 Å². The maximum absolute atomic E-state index is 11.7. The summed E-state index contributed by atoms with van der Waals surface area (Å²) in [7, 11) is 1.29. The van der Waals surface area contributed by atoms with E-state index in [1.165, 1.54) is 28.6 Å². The zero-order chi connectivity index (χ0) is 36.4. The molecule has 2 saturated heterocycles. The normalized spacial score (nSPS) is 26.1. The van der Waals surface area contributed by atoms with Crippen molar-refractivity contribution in [2.75, 3.05) is 13.7 Å². The van der Waals surface area contributed by atoms with Gasteiger partial charge in [-0.2, -0.15) is 0 Å². The van der Waals surface area contributed by atoms with Gasteiger partial charge in [-0.1, -0.05) is 13.6 Å².